The molecule has 0 aliphatic carbocycles. The number of rotatable bonds is 7. The van der Waals surface area contributed by atoms with Crippen LogP contribution in [0.15, 0.2) is 75.7 Å². The van der Waals surface area contributed by atoms with Gasteiger partial charge in [-0.05, 0) is 56.7 Å². The number of benzene rings is 3. The first-order valence-electron chi connectivity index (χ1n) is 12.9. The van der Waals surface area contributed by atoms with Gasteiger partial charge in [0.25, 0.3) is 5.56 Å². The molecule has 216 valence electrons. The molecule has 4 aromatic rings. The van der Waals surface area contributed by atoms with E-state index in [1.54, 1.807) is 50.3 Å². The first-order chi connectivity index (χ1) is 20.1. The van der Waals surface area contributed by atoms with Crippen molar-refractivity contribution in [2.45, 2.75) is 33.4 Å². The third-order valence-electron chi connectivity index (χ3n) is 6.62. The molecule has 11 heteroatoms. The molecule has 0 N–H and O–H groups in total. The fourth-order valence-corrected chi connectivity index (χ4v) is 6.69. The summed E-state index contributed by atoms with van der Waals surface area (Å²) in [6.07, 6.45) is 1.66. The Labute approximate surface area is 266 Å². The first kappa shape index (κ1) is 30.4. The van der Waals surface area contributed by atoms with Gasteiger partial charge in [-0.2, -0.15) is 0 Å². The maximum Gasteiger partial charge on any atom is 0.338 e. The Bertz CT molecular complexity index is 1910. The number of aryl methyl sites for hydroxylation is 1. The molecule has 1 aromatic heterocycles. The summed E-state index contributed by atoms with van der Waals surface area (Å²) in [7, 11) is 0. The van der Waals surface area contributed by atoms with Crippen molar-refractivity contribution in [3.63, 3.8) is 0 Å². The largest absolute Gasteiger partial charge is 0.487 e. The summed E-state index contributed by atoms with van der Waals surface area (Å²) in [5.41, 5.74) is 3.49. The number of allylic oxidation sites excluding steroid dienone is 1. The van der Waals surface area contributed by atoms with Crippen LogP contribution in [-0.2, 0) is 16.1 Å². The van der Waals surface area contributed by atoms with Gasteiger partial charge in [-0.25, -0.2) is 9.79 Å². The van der Waals surface area contributed by atoms with Crippen LogP contribution in [0.4, 0.5) is 0 Å². The van der Waals surface area contributed by atoms with Crippen molar-refractivity contribution < 1.29 is 14.3 Å². The molecule has 0 spiro atoms. The lowest BCUT2D eigenvalue weighted by atomic mass is 9.95. The van der Waals surface area contributed by atoms with Crippen molar-refractivity contribution in [2.24, 2.45) is 4.99 Å². The predicted molar refractivity (Wildman–Crippen MR) is 169 cm³/mol. The van der Waals surface area contributed by atoms with E-state index >= 15 is 0 Å². The Kier molecular flexibility index (Phi) is 9.16. The molecule has 6 nitrogen and oxygen atoms in total. The third kappa shape index (κ3) is 6.17. The molecule has 1 aliphatic rings. The zero-order chi connectivity index (χ0) is 30.1. The molecule has 2 heterocycles. The quantitative estimate of drug-likeness (QED) is 0.195. The summed E-state index contributed by atoms with van der Waals surface area (Å²) >= 11 is 26.5. The van der Waals surface area contributed by atoms with E-state index in [-0.39, 0.29) is 23.8 Å². The lowest BCUT2D eigenvalue weighted by Crippen LogP contribution is -2.39. The van der Waals surface area contributed by atoms with Crippen molar-refractivity contribution in [1.29, 1.82) is 0 Å². The average Bonchev–Trinajstić information content (AvgIpc) is 3.23. The van der Waals surface area contributed by atoms with Crippen LogP contribution >= 0.6 is 57.7 Å². The number of hydrogen-bond donors (Lipinski definition) is 0. The highest BCUT2D eigenvalue weighted by Gasteiger charge is 2.33. The number of halogens is 4. The molecule has 0 unspecified atom stereocenters. The van der Waals surface area contributed by atoms with Crippen LogP contribution in [0, 0.1) is 6.92 Å². The molecule has 5 rings (SSSR count). The molecule has 1 atom stereocenters. The van der Waals surface area contributed by atoms with Crippen LogP contribution in [0.1, 0.15) is 42.1 Å². The lowest BCUT2D eigenvalue weighted by molar-refractivity contribution is -0.139. The SMILES string of the molecule is CCOC(=O)C1=C(C)N=c2s/c(=C\c3cc(Cl)cc(Cl)c3OCc3ccc(Cl)cc3Cl)c(=O)n2[C@@H]1c1ccc(C)cc1. The summed E-state index contributed by atoms with van der Waals surface area (Å²) in [5.74, 6) is -0.187. The summed E-state index contributed by atoms with van der Waals surface area (Å²) in [4.78, 5) is 32.2. The zero-order valence-electron chi connectivity index (χ0n) is 22.7. The smallest absolute Gasteiger partial charge is 0.338 e. The first-order valence-corrected chi connectivity index (χ1v) is 15.2. The monoisotopic (exact) mass is 660 g/mol. The molecule has 0 bridgehead atoms. The highest BCUT2D eigenvalue weighted by Crippen LogP contribution is 2.35. The van der Waals surface area contributed by atoms with Crippen LogP contribution in [-0.4, -0.2) is 17.1 Å². The van der Waals surface area contributed by atoms with E-state index in [0.717, 1.165) is 11.1 Å². The average molecular weight is 662 g/mol. The van der Waals surface area contributed by atoms with E-state index in [4.69, 9.17) is 55.9 Å². The Morgan fingerprint density at radius 2 is 1.71 bits per heavy atom. The molecule has 0 amide bonds. The van der Waals surface area contributed by atoms with Crippen LogP contribution in [0.2, 0.25) is 20.1 Å². The minimum absolute atomic E-state index is 0.106. The Hall–Kier alpha value is -3.07. The summed E-state index contributed by atoms with van der Waals surface area (Å²) in [5, 5.41) is 1.60. The number of carbonyl (C=O) groups excluding carboxylic acids is 1. The fraction of sp³-hybridized carbons (Fsp3) is 0.194. The Balaban J connectivity index is 1.64. The van der Waals surface area contributed by atoms with Crippen LogP contribution in [0.25, 0.3) is 6.08 Å². The molecule has 0 radical (unpaired) electrons. The van der Waals surface area contributed by atoms with Crippen molar-refractivity contribution in [2.75, 3.05) is 6.61 Å². The maximum atomic E-state index is 14.0. The number of aromatic nitrogens is 1. The van der Waals surface area contributed by atoms with Gasteiger partial charge in [-0.1, -0.05) is 93.6 Å². The van der Waals surface area contributed by atoms with E-state index < -0.39 is 12.0 Å². The van der Waals surface area contributed by atoms with E-state index in [1.807, 2.05) is 31.2 Å². The minimum atomic E-state index is -0.714. The molecule has 42 heavy (non-hydrogen) atoms. The van der Waals surface area contributed by atoms with Crippen LogP contribution < -0.4 is 19.6 Å². The topological polar surface area (TPSA) is 69.9 Å². The number of fused-ring (bicyclic) bond motifs is 1. The number of carbonyl (C=O) groups is 1. The number of hydrogen-bond acceptors (Lipinski definition) is 6. The standard InChI is InChI=1S/C31H24Cl4N2O4S/c1-4-40-30(39)26-17(3)36-31-37(27(26)18-7-5-16(2)6-8-18)29(38)25(42-31)12-20-11-22(33)14-24(35)28(20)41-15-19-9-10-21(32)13-23(19)34/h5-14,27H,4,15H2,1-3H3/b25-12-/t27-/m1/s1. The molecule has 0 saturated heterocycles. The van der Waals surface area contributed by atoms with E-state index in [1.165, 1.54) is 15.9 Å². The number of nitrogens with zero attached hydrogens (tertiary/aromatic N) is 2. The van der Waals surface area contributed by atoms with Gasteiger partial charge in [-0.3, -0.25) is 9.36 Å². The van der Waals surface area contributed by atoms with Gasteiger partial charge in [0, 0.05) is 26.2 Å². The number of esters is 1. The fourth-order valence-electron chi connectivity index (χ4n) is 4.63. The van der Waals surface area contributed by atoms with Crippen molar-refractivity contribution >= 4 is 69.8 Å². The summed E-state index contributed by atoms with van der Waals surface area (Å²) < 4.78 is 13.3. The molecular formula is C31H24Cl4N2O4S. The van der Waals surface area contributed by atoms with Gasteiger partial charge >= 0.3 is 5.97 Å². The molecule has 0 fully saturated rings. The minimum Gasteiger partial charge on any atom is -0.487 e. The van der Waals surface area contributed by atoms with Crippen molar-refractivity contribution in [1.82, 2.24) is 4.57 Å². The van der Waals surface area contributed by atoms with Crippen LogP contribution in [0.3, 0.4) is 0 Å². The Morgan fingerprint density at radius 3 is 2.40 bits per heavy atom. The van der Waals surface area contributed by atoms with Crippen LogP contribution in [0.5, 0.6) is 5.75 Å². The third-order valence-corrected chi connectivity index (χ3v) is 8.69. The highest BCUT2D eigenvalue weighted by atomic mass is 35.5. The van der Waals surface area contributed by atoms with E-state index in [2.05, 4.69) is 4.99 Å². The highest BCUT2D eigenvalue weighted by molar-refractivity contribution is 7.07. The van der Waals surface area contributed by atoms with Gasteiger partial charge in [0.1, 0.15) is 12.4 Å². The van der Waals surface area contributed by atoms with Gasteiger partial charge in [0.05, 0.1) is 33.5 Å². The van der Waals surface area contributed by atoms with Crippen molar-refractivity contribution in [3.05, 3.63) is 128 Å². The number of ether oxygens (including phenoxy) is 2. The van der Waals surface area contributed by atoms with Gasteiger partial charge in [0.2, 0.25) is 0 Å². The predicted octanol–water partition coefficient (Wildman–Crippen LogP) is 7.30. The van der Waals surface area contributed by atoms with E-state index in [9.17, 15) is 9.59 Å². The second-order valence-electron chi connectivity index (χ2n) is 9.54. The molecule has 1 aliphatic heterocycles. The molecule has 3 aromatic carbocycles. The zero-order valence-corrected chi connectivity index (χ0v) is 26.6. The van der Waals surface area contributed by atoms with Gasteiger partial charge < -0.3 is 9.47 Å². The second kappa shape index (κ2) is 12.7. The van der Waals surface area contributed by atoms with Crippen molar-refractivity contribution in [3.8, 4) is 5.75 Å². The lowest BCUT2D eigenvalue weighted by Gasteiger charge is -2.24. The molecule has 0 saturated carbocycles. The Morgan fingerprint density at radius 1 is 1.00 bits per heavy atom. The van der Waals surface area contributed by atoms with Gasteiger partial charge in [-0.15, -0.1) is 0 Å². The van der Waals surface area contributed by atoms with E-state index in [0.29, 0.717) is 52.5 Å². The normalized spacial score (nSPS) is 14.9. The maximum absolute atomic E-state index is 14.0. The second-order valence-corrected chi connectivity index (χ2v) is 12.2. The number of thiazole rings is 1. The summed E-state index contributed by atoms with van der Waals surface area (Å²) in [6, 6.07) is 15.3. The summed E-state index contributed by atoms with van der Waals surface area (Å²) in [6.45, 7) is 5.75. The molecular weight excluding hydrogens is 638 g/mol. The van der Waals surface area contributed by atoms with Gasteiger partial charge in [0.15, 0.2) is 4.80 Å².